The lowest BCUT2D eigenvalue weighted by molar-refractivity contribution is -0.137. The van der Waals surface area contributed by atoms with Crippen LogP contribution in [0.5, 0.6) is 0 Å². The smallest absolute Gasteiger partial charge is 0.250 e. The third-order valence-corrected chi connectivity index (χ3v) is 1.29. The maximum Gasteiger partial charge on any atom is 0.250 e. The molecule has 10 heavy (non-hydrogen) atoms. The summed E-state index contributed by atoms with van der Waals surface area (Å²) in [4.78, 5) is 12.4. The quantitative estimate of drug-likeness (QED) is 0.617. The highest BCUT2D eigenvalue weighted by Crippen LogP contribution is 1.91. The van der Waals surface area contributed by atoms with E-state index in [0.29, 0.717) is 6.54 Å². The van der Waals surface area contributed by atoms with Crippen LogP contribution in [0.3, 0.4) is 0 Å². The van der Waals surface area contributed by atoms with Crippen molar-refractivity contribution in [3.63, 3.8) is 0 Å². The zero-order valence-electron chi connectivity index (χ0n) is 6.79. The Bertz CT molecular complexity index is 112. The third-order valence-electron chi connectivity index (χ3n) is 1.29. The fourth-order valence-electron chi connectivity index (χ4n) is 0.765. The topological polar surface area (TPSA) is 40.5 Å². The van der Waals surface area contributed by atoms with Gasteiger partial charge in [0, 0.05) is 13.6 Å². The molecule has 1 atom stereocenters. The molecule has 0 rings (SSSR count). The van der Waals surface area contributed by atoms with Crippen LogP contribution in [0.1, 0.15) is 20.3 Å². The molecular weight excluding hydrogens is 130 g/mol. The van der Waals surface area contributed by atoms with Gasteiger partial charge >= 0.3 is 0 Å². The van der Waals surface area contributed by atoms with E-state index in [2.05, 4.69) is 0 Å². The molecule has 0 aromatic heterocycles. The van der Waals surface area contributed by atoms with Crippen LogP contribution in [0.4, 0.5) is 0 Å². The zero-order chi connectivity index (χ0) is 8.15. The van der Waals surface area contributed by atoms with E-state index in [4.69, 9.17) is 5.11 Å². The van der Waals surface area contributed by atoms with Gasteiger partial charge in [-0.15, -0.1) is 0 Å². The molecule has 0 fully saturated rings. The maximum absolute atomic E-state index is 10.9. The molecule has 0 spiro atoms. The summed E-state index contributed by atoms with van der Waals surface area (Å²) in [5.74, 6) is -0.207. The molecule has 60 valence electrons. The van der Waals surface area contributed by atoms with E-state index in [-0.39, 0.29) is 5.91 Å². The molecule has 0 heterocycles. The minimum absolute atomic E-state index is 0.207. The van der Waals surface area contributed by atoms with Crippen LogP contribution in [0.2, 0.25) is 0 Å². The number of hydrogen-bond donors (Lipinski definition) is 1. The summed E-state index contributed by atoms with van der Waals surface area (Å²) in [6, 6.07) is 0. The van der Waals surface area contributed by atoms with Gasteiger partial charge in [0.2, 0.25) is 0 Å². The number of aliphatic hydroxyl groups excluding tert-OH is 1. The number of amides is 1. The Kier molecular flexibility index (Phi) is 4.03. The molecule has 0 radical (unpaired) electrons. The first-order chi connectivity index (χ1) is 4.59. The van der Waals surface area contributed by atoms with Crippen LogP contribution in [0.15, 0.2) is 0 Å². The molecule has 0 aliphatic carbocycles. The molecule has 0 aliphatic rings. The standard InChI is InChI=1S/C7H15NO2/c1-4-5-8(3)7(10)6(2)9/h6,9H,4-5H2,1-3H3. The van der Waals surface area contributed by atoms with Crippen molar-refractivity contribution in [2.45, 2.75) is 26.4 Å². The number of likely N-dealkylation sites (N-methyl/N-ethyl adjacent to an activating group) is 1. The Morgan fingerprint density at radius 1 is 1.70 bits per heavy atom. The van der Waals surface area contributed by atoms with Crippen molar-refractivity contribution in [3.05, 3.63) is 0 Å². The van der Waals surface area contributed by atoms with Crippen LogP contribution in [-0.2, 0) is 4.79 Å². The highest BCUT2D eigenvalue weighted by Gasteiger charge is 2.12. The van der Waals surface area contributed by atoms with Gasteiger partial charge in [0.05, 0.1) is 0 Å². The van der Waals surface area contributed by atoms with Crippen LogP contribution >= 0.6 is 0 Å². The summed E-state index contributed by atoms with van der Waals surface area (Å²) < 4.78 is 0. The fourth-order valence-corrected chi connectivity index (χ4v) is 0.765. The van der Waals surface area contributed by atoms with E-state index in [1.807, 2.05) is 6.92 Å². The summed E-state index contributed by atoms with van der Waals surface area (Å²) in [7, 11) is 1.69. The van der Waals surface area contributed by atoms with Crippen molar-refractivity contribution in [1.82, 2.24) is 4.90 Å². The number of rotatable bonds is 3. The van der Waals surface area contributed by atoms with E-state index in [0.717, 1.165) is 6.42 Å². The van der Waals surface area contributed by atoms with Gasteiger partial charge in [-0.05, 0) is 13.3 Å². The van der Waals surface area contributed by atoms with E-state index >= 15 is 0 Å². The Balaban J connectivity index is 3.71. The summed E-state index contributed by atoms with van der Waals surface area (Å²) >= 11 is 0. The Morgan fingerprint density at radius 3 is 2.50 bits per heavy atom. The predicted octanol–water partition coefficient (Wildman–Crippen LogP) is 0.236. The molecule has 0 saturated heterocycles. The molecule has 1 N–H and O–H groups in total. The largest absolute Gasteiger partial charge is 0.384 e. The highest BCUT2D eigenvalue weighted by molar-refractivity contribution is 5.79. The molecule has 1 amide bonds. The van der Waals surface area contributed by atoms with E-state index in [1.165, 1.54) is 11.8 Å². The summed E-state index contributed by atoms with van der Waals surface area (Å²) in [5.41, 5.74) is 0. The Hall–Kier alpha value is -0.570. The van der Waals surface area contributed by atoms with Crippen molar-refractivity contribution >= 4 is 5.91 Å². The number of nitrogens with zero attached hydrogens (tertiary/aromatic N) is 1. The van der Waals surface area contributed by atoms with Gasteiger partial charge in [-0.2, -0.15) is 0 Å². The van der Waals surface area contributed by atoms with Gasteiger partial charge in [-0.25, -0.2) is 0 Å². The molecule has 0 aromatic rings. The molecule has 1 unspecified atom stereocenters. The van der Waals surface area contributed by atoms with Gasteiger partial charge < -0.3 is 10.0 Å². The first-order valence-electron chi connectivity index (χ1n) is 3.52. The van der Waals surface area contributed by atoms with E-state index < -0.39 is 6.10 Å². The van der Waals surface area contributed by atoms with Gasteiger partial charge in [0.15, 0.2) is 0 Å². The van der Waals surface area contributed by atoms with Gasteiger partial charge in [-0.1, -0.05) is 6.92 Å². The lowest BCUT2D eigenvalue weighted by Crippen LogP contribution is -2.34. The van der Waals surface area contributed by atoms with Crippen molar-refractivity contribution in [2.24, 2.45) is 0 Å². The van der Waals surface area contributed by atoms with Crippen LogP contribution in [-0.4, -0.2) is 35.6 Å². The number of carbonyl (C=O) groups excluding carboxylic acids is 1. The van der Waals surface area contributed by atoms with Crippen molar-refractivity contribution < 1.29 is 9.90 Å². The first kappa shape index (κ1) is 9.43. The second-order valence-corrected chi connectivity index (χ2v) is 2.44. The van der Waals surface area contributed by atoms with Gasteiger partial charge in [-0.3, -0.25) is 4.79 Å². The van der Waals surface area contributed by atoms with Crippen LogP contribution < -0.4 is 0 Å². The molecule has 0 aliphatic heterocycles. The lowest BCUT2D eigenvalue weighted by Gasteiger charge is -2.17. The summed E-state index contributed by atoms with van der Waals surface area (Å²) in [5, 5.41) is 8.83. The molecular formula is C7H15NO2. The van der Waals surface area contributed by atoms with Gasteiger partial charge in [0.1, 0.15) is 6.10 Å². The summed E-state index contributed by atoms with van der Waals surface area (Å²) in [6.07, 6.45) is 0.0612. The molecule has 3 heteroatoms. The Labute approximate surface area is 61.6 Å². The van der Waals surface area contributed by atoms with Crippen molar-refractivity contribution in [3.8, 4) is 0 Å². The van der Waals surface area contributed by atoms with Crippen LogP contribution in [0, 0.1) is 0 Å². The lowest BCUT2D eigenvalue weighted by atomic mass is 10.3. The maximum atomic E-state index is 10.9. The van der Waals surface area contributed by atoms with Crippen molar-refractivity contribution in [2.75, 3.05) is 13.6 Å². The predicted molar refractivity (Wildman–Crippen MR) is 39.6 cm³/mol. The molecule has 3 nitrogen and oxygen atoms in total. The molecule has 0 bridgehead atoms. The zero-order valence-corrected chi connectivity index (χ0v) is 6.79. The normalized spacial score (nSPS) is 12.8. The average molecular weight is 145 g/mol. The number of carbonyl (C=O) groups is 1. The monoisotopic (exact) mass is 145 g/mol. The molecule has 0 aromatic carbocycles. The minimum Gasteiger partial charge on any atom is -0.384 e. The average Bonchev–Trinajstić information content (AvgIpc) is 1.87. The fraction of sp³-hybridized carbons (Fsp3) is 0.857. The highest BCUT2D eigenvalue weighted by atomic mass is 16.3. The van der Waals surface area contributed by atoms with E-state index in [9.17, 15) is 4.79 Å². The van der Waals surface area contributed by atoms with Crippen molar-refractivity contribution in [1.29, 1.82) is 0 Å². The number of hydrogen-bond acceptors (Lipinski definition) is 2. The van der Waals surface area contributed by atoms with Crippen LogP contribution in [0.25, 0.3) is 0 Å². The minimum atomic E-state index is -0.864. The van der Waals surface area contributed by atoms with E-state index in [1.54, 1.807) is 7.05 Å². The van der Waals surface area contributed by atoms with Gasteiger partial charge in [0.25, 0.3) is 5.91 Å². The SMILES string of the molecule is CCCN(C)C(=O)C(C)O. The number of aliphatic hydroxyl groups is 1. The molecule has 0 saturated carbocycles. The Morgan fingerprint density at radius 2 is 2.20 bits per heavy atom. The third kappa shape index (κ3) is 2.82. The summed E-state index contributed by atoms with van der Waals surface area (Å²) in [6.45, 7) is 4.18. The second kappa shape index (κ2) is 4.28. The first-order valence-corrected chi connectivity index (χ1v) is 3.52. The second-order valence-electron chi connectivity index (χ2n) is 2.44.